The van der Waals surface area contributed by atoms with E-state index in [0.29, 0.717) is 12.0 Å². The molecular formula is C22H25N3O4S. The minimum absolute atomic E-state index is 0.139. The van der Waals surface area contributed by atoms with E-state index in [-0.39, 0.29) is 24.1 Å². The molecule has 0 saturated carbocycles. The van der Waals surface area contributed by atoms with Crippen LogP contribution in [0.15, 0.2) is 54.6 Å². The van der Waals surface area contributed by atoms with Crippen LogP contribution in [0.1, 0.15) is 29.5 Å². The maximum absolute atomic E-state index is 12.2. The molecule has 2 aromatic rings. The van der Waals surface area contributed by atoms with Gasteiger partial charge in [-0.1, -0.05) is 36.4 Å². The van der Waals surface area contributed by atoms with Crippen molar-refractivity contribution in [3.63, 3.8) is 0 Å². The number of carbonyl (C=O) groups excluding carboxylic acids is 2. The Bertz CT molecular complexity index is 1050. The normalized spacial score (nSPS) is 14.4. The first kappa shape index (κ1) is 21.7. The summed E-state index contributed by atoms with van der Waals surface area (Å²) < 4.78 is 25.9. The lowest BCUT2D eigenvalue weighted by molar-refractivity contribution is -0.117. The highest BCUT2D eigenvalue weighted by molar-refractivity contribution is 7.88. The van der Waals surface area contributed by atoms with Gasteiger partial charge in [0.15, 0.2) is 0 Å². The van der Waals surface area contributed by atoms with E-state index in [1.54, 1.807) is 35.2 Å². The maximum Gasteiger partial charge on any atom is 0.244 e. The molecule has 3 rings (SSSR count). The molecule has 30 heavy (non-hydrogen) atoms. The summed E-state index contributed by atoms with van der Waals surface area (Å²) in [5.74, 6) is -0.280. The lowest BCUT2D eigenvalue weighted by Crippen LogP contribution is -2.24. The second-order valence-corrected chi connectivity index (χ2v) is 8.95. The Balaban J connectivity index is 1.57. The van der Waals surface area contributed by atoms with Crippen LogP contribution in [0, 0.1) is 0 Å². The summed E-state index contributed by atoms with van der Waals surface area (Å²) in [5, 5.41) is 2.78. The molecule has 1 heterocycles. The number of rotatable bonds is 8. The number of nitrogens with zero attached hydrogens (tertiary/aromatic N) is 1. The predicted octanol–water partition coefficient (Wildman–Crippen LogP) is 2.19. The van der Waals surface area contributed by atoms with Crippen LogP contribution in [-0.4, -0.2) is 33.8 Å². The van der Waals surface area contributed by atoms with Gasteiger partial charge < -0.3 is 10.2 Å². The molecule has 0 spiro atoms. The molecule has 7 nitrogen and oxygen atoms in total. The second kappa shape index (κ2) is 9.69. The van der Waals surface area contributed by atoms with E-state index in [4.69, 9.17) is 0 Å². The number of anilines is 1. The molecule has 0 radical (unpaired) electrons. The number of nitrogens with one attached hydrogen (secondary N) is 2. The van der Waals surface area contributed by atoms with Crippen molar-refractivity contribution in [1.29, 1.82) is 0 Å². The van der Waals surface area contributed by atoms with Crippen molar-refractivity contribution >= 4 is 33.6 Å². The van der Waals surface area contributed by atoms with Crippen molar-refractivity contribution in [3.05, 3.63) is 71.3 Å². The van der Waals surface area contributed by atoms with E-state index in [0.717, 1.165) is 29.8 Å². The largest absolute Gasteiger partial charge is 0.348 e. The highest BCUT2D eigenvalue weighted by atomic mass is 32.2. The van der Waals surface area contributed by atoms with Crippen molar-refractivity contribution in [2.45, 2.75) is 25.1 Å². The number of amides is 2. The lowest BCUT2D eigenvalue weighted by Gasteiger charge is -2.15. The molecule has 1 fully saturated rings. The third-order valence-corrected chi connectivity index (χ3v) is 6.25. The van der Waals surface area contributed by atoms with Crippen LogP contribution in [0.4, 0.5) is 5.69 Å². The van der Waals surface area contributed by atoms with Crippen LogP contribution in [0.25, 0.3) is 6.08 Å². The number of hydrogen-bond donors (Lipinski definition) is 2. The first-order chi connectivity index (χ1) is 14.4. The van der Waals surface area contributed by atoms with Gasteiger partial charge in [0.1, 0.15) is 0 Å². The van der Waals surface area contributed by atoms with Crippen LogP contribution in [0.2, 0.25) is 0 Å². The van der Waals surface area contributed by atoms with Crippen molar-refractivity contribution in [2.75, 3.05) is 18.5 Å². The molecular weight excluding hydrogens is 402 g/mol. The fraction of sp³-hybridized carbons (Fsp3) is 0.273. The zero-order valence-corrected chi connectivity index (χ0v) is 17.6. The molecule has 0 aromatic heterocycles. The standard InChI is InChI=1S/C22H25N3O4S/c1-23-30(28,29)16-19-6-3-2-5-18(19)15-24-21(26)13-10-17-8-11-20(12-9-17)25-14-4-7-22(25)27/h2-3,5-6,8-13,23H,4,7,14-16H2,1H3,(H,24,26)/b13-10+. The molecule has 0 atom stereocenters. The number of carbonyl (C=O) groups is 2. The Morgan fingerprint density at radius 2 is 1.80 bits per heavy atom. The summed E-state index contributed by atoms with van der Waals surface area (Å²) in [6.07, 6.45) is 4.60. The third-order valence-electron chi connectivity index (χ3n) is 4.93. The Labute approximate surface area is 176 Å². The summed E-state index contributed by atoms with van der Waals surface area (Å²) in [6.45, 7) is 0.974. The van der Waals surface area contributed by atoms with Crippen LogP contribution in [0.5, 0.6) is 0 Å². The van der Waals surface area contributed by atoms with Crippen molar-refractivity contribution in [1.82, 2.24) is 10.0 Å². The molecule has 8 heteroatoms. The van der Waals surface area contributed by atoms with Gasteiger partial charge >= 0.3 is 0 Å². The van der Waals surface area contributed by atoms with E-state index in [1.807, 2.05) is 24.3 Å². The van der Waals surface area contributed by atoms with E-state index < -0.39 is 10.0 Å². The zero-order chi connectivity index (χ0) is 21.6. The SMILES string of the molecule is CNS(=O)(=O)Cc1ccccc1CNC(=O)/C=C/c1ccc(N2CCCC2=O)cc1. The summed E-state index contributed by atoms with van der Waals surface area (Å²) in [6, 6.07) is 14.6. The van der Waals surface area contributed by atoms with Gasteiger partial charge in [0.05, 0.1) is 5.75 Å². The van der Waals surface area contributed by atoms with Crippen molar-refractivity contribution < 1.29 is 18.0 Å². The molecule has 1 aliphatic rings. The van der Waals surface area contributed by atoms with Crippen LogP contribution in [-0.2, 0) is 31.9 Å². The highest BCUT2D eigenvalue weighted by Gasteiger charge is 2.21. The van der Waals surface area contributed by atoms with Crippen LogP contribution >= 0.6 is 0 Å². The van der Waals surface area contributed by atoms with Gasteiger partial charge in [-0.05, 0) is 48.4 Å². The minimum Gasteiger partial charge on any atom is -0.348 e. The van der Waals surface area contributed by atoms with Crippen LogP contribution in [0.3, 0.4) is 0 Å². The first-order valence-electron chi connectivity index (χ1n) is 9.72. The molecule has 2 amide bonds. The summed E-state index contributed by atoms with van der Waals surface area (Å²) in [5.41, 5.74) is 3.11. The van der Waals surface area contributed by atoms with E-state index >= 15 is 0 Å². The fourth-order valence-corrected chi connectivity index (χ4v) is 4.08. The van der Waals surface area contributed by atoms with E-state index in [1.165, 1.54) is 13.1 Å². The molecule has 1 saturated heterocycles. The summed E-state index contributed by atoms with van der Waals surface area (Å²) in [4.78, 5) is 25.8. The molecule has 2 N–H and O–H groups in total. The molecule has 0 unspecified atom stereocenters. The van der Waals surface area contributed by atoms with Crippen LogP contribution < -0.4 is 14.9 Å². The van der Waals surface area contributed by atoms with E-state index in [9.17, 15) is 18.0 Å². The maximum atomic E-state index is 12.2. The Kier molecular flexibility index (Phi) is 7.02. The smallest absolute Gasteiger partial charge is 0.244 e. The summed E-state index contributed by atoms with van der Waals surface area (Å²) >= 11 is 0. The summed E-state index contributed by atoms with van der Waals surface area (Å²) in [7, 11) is -2.02. The Morgan fingerprint density at radius 3 is 2.43 bits per heavy atom. The van der Waals surface area contributed by atoms with Gasteiger partial charge in [0.25, 0.3) is 0 Å². The van der Waals surface area contributed by atoms with Gasteiger partial charge in [0.2, 0.25) is 21.8 Å². The molecule has 1 aliphatic heterocycles. The monoisotopic (exact) mass is 427 g/mol. The number of benzene rings is 2. The third kappa shape index (κ3) is 5.77. The fourth-order valence-electron chi connectivity index (χ4n) is 3.25. The van der Waals surface area contributed by atoms with Gasteiger partial charge in [-0.2, -0.15) is 0 Å². The molecule has 2 aromatic carbocycles. The van der Waals surface area contributed by atoms with Gasteiger partial charge in [-0.25, -0.2) is 13.1 Å². The van der Waals surface area contributed by atoms with E-state index in [2.05, 4.69) is 10.0 Å². The topological polar surface area (TPSA) is 95.6 Å². The average molecular weight is 428 g/mol. The molecule has 158 valence electrons. The first-order valence-corrected chi connectivity index (χ1v) is 11.4. The highest BCUT2D eigenvalue weighted by Crippen LogP contribution is 2.21. The van der Waals surface area contributed by atoms with Gasteiger partial charge in [-0.15, -0.1) is 0 Å². The Hall–Kier alpha value is -2.97. The average Bonchev–Trinajstić information content (AvgIpc) is 3.17. The number of sulfonamides is 1. The zero-order valence-electron chi connectivity index (χ0n) is 16.8. The quantitative estimate of drug-likeness (QED) is 0.632. The second-order valence-electron chi connectivity index (χ2n) is 7.02. The van der Waals surface area contributed by atoms with Gasteiger partial charge in [-0.3, -0.25) is 9.59 Å². The lowest BCUT2D eigenvalue weighted by atomic mass is 10.1. The van der Waals surface area contributed by atoms with Gasteiger partial charge in [0, 0.05) is 31.3 Å². The van der Waals surface area contributed by atoms with Crippen molar-refractivity contribution in [2.24, 2.45) is 0 Å². The molecule has 0 bridgehead atoms. The molecule has 0 aliphatic carbocycles. The Morgan fingerprint density at radius 1 is 1.10 bits per heavy atom. The predicted molar refractivity (Wildman–Crippen MR) is 117 cm³/mol. The number of hydrogen-bond acceptors (Lipinski definition) is 4. The van der Waals surface area contributed by atoms with Crippen molar-refractivity contribution in [3.8, 4) is 0 Å². The minimum atomic E-state index is -3.39.